The van der Waals surface area contributed by atoms with Crippen LogP contribution in [0.3, 0.4) is 0 Å². The number of aromatic amines is 1. The van der Waals surface area contributed by atoms with E-state index in [9.17, 15) is 0 Å². The Bertz CT molecular complexity index is 450. The maximum atomic E-state index is 5.41. The highest BCUT2D eigenvalue weighted by molar-refractivity contribution is 5.70. The Balaban J connectivity index is 2.16. The van der Waals surface area contributed by atoms with Gasteiger partial charge in [0.15, 0.2) is 5.65 Å². The number of imidazole rings is 1. The van der Waals surface area contributed by atoms with Gasteiger partial charge in [0.1, 0.15) is 12.4 Å². The Morgan fingerprint density at radius 3 is 3.13 bits per heavy atom. The normalized spacial score (nSPS) is 11.1. The van der Waals surface area contributed by atoms with E-state index in [1.54, 1.807) is 0 Å². The number of ether oxygens (including phenoxy) is 1. The molecule has 0 unspecified atom stereocenters. The molecule has 15 heavy (non-hydrogen) atoms. The first-order chi connectivity index (χ1) is 7.29. The lowest BCUT2D eigenvalue weighted by Crippen LogP contribution is -1.95. The fourth-order valence-corrected chi connectivity index (χ4v) is 1.44. The number of aryl methyl sites for hydroxylation is 1. The molecule has 0 amide bonds. The van der Waals surface area contributed by atoms with Crippen LogP contribution in [0.25, 0.3) is 11.2 Å². The molecule has 2 aromatic rings. The Kier molecular flexibility index (Phi) is 2.97. The van der Waals surface area contributed by atoms with Crippen molar-refractivity contribution in [1.82, 2.24) is 15.0 Å². The van der Waals surface area contributed by atoms with Gasteiger partial charge in [-0.1, -0.05) is 6.92 Å². The van der Waals surface area contributed by atoms with Crippen LogP contribution < -0.4 is 0 Å². The van der Waals surface area contributed by atoms with Crippen LogP contribution in [-0.4, -0.2) is 21.6 Å². The molecule has 2 rings (SSSR count). The van der Waals surface area contributed by atoms with Crippen molar-refractivity contribution in [2.24, 2.45) is 0 Å². The molecular weight excluding hydrogens is 190 g/mol. The smallest absolute Gasteiger partial charge is 0.177 e. The molecule has 0 aliphatic carbocycles. The number of H-pyrrole nitrogens is 1. The fourth-order valence-electron chi connectivity index (χ4n) is 1.44. The lowest BCUT2D eigenvalue weighted by Gasteiger charge is -1.97. The summed E-state index contributed by atoms with van der Waals surface area (Å²) in [7, 11) is 0. The topological polar surface area (TPSA) is 50.8 Å². The number of aromatic nitrogens is 3. The number of hydrogen-bond acceptors (Lipinski definition) is 3. The molecule has 0 bridgehead atoms. The highest BCUT2D eigenvalue weighted by atomic mass is 16.5. The van der Waals surface area contributed by atoms with Crippen LogP contribution in [0.15, 0.2) is 12.3 Å². The van der Waals surface area contributed by atoms with Gasteiger partial charge in [-0.15, -0.1) is 0 Å². The molecule has 0 saturated heterocycles. The van der Waals surface area contributed by atoms with Crippen molar-refractivity contribution < 1.29 is 4.74 Å². The summed E-state index contributed by atoms with van der Waals surface area (Å²) in [5.41, 5.74) is 2.87. The van der Waals surface area contributed by atoms with E-state index in [1.807, 2.05) is 19.2 Å². The first-order valence-electron chi connectivity index (χ1n) is 5.18. The quantitative estimate of drug-likeness (QED) is 0.778. The largest absolute Gasteiger partial charge is 0.374 e. The minimum Gasteiger partial charge on any atom is -0.374 e. The molecule has 0 radical (unpaired) electrons. The van der Waals surface area contributed by atoms with Gasteiger partial charge in [-0.05, 0) is 25.0 Å². The predicted molar refractivity (Wildman–Crippen MR) is 58.6 cm³/mol. The lowest BCUT2D eigenvalue weighted by atomic mass is 10.3. The summed E-state index contributed by atoms with van der Waals surface area (Å²) in [5, 5.41) is 0. The zero-order chi connectivity index (χ0) is 10.7. The van der Waals surface area contributed by atoms with E-state index in [-0.39, 0.29) is 0 Å². The number of nitrogens with zero attached hydrogens (tertiary/aromatic N) is 2. The predicted octanol–water partition coefficient (Wildman–Crippen LogP) is 2.19. The third-order valence-electron chi connectivity index (χ3n) is 2.11. The molecule has 0 fully saturated rings. The molecule has 4 heteroatoms. The molecule has 0 atom stereocenters. The van der Waals surface area contributed by atoms with Gasteiger partial charge in [0.05, 0.1) is 5.52 Å². The highest BCUT2D eigenvalue weighted by Crippen LogP contribution is 2.10. The van der Waals surface area contributed by atoms with E-state index in [0.29, 0.717) is 6.61 Å². The minimum absolute atomic E-state index is 0.531. The van der Waals surface area contributed by atoms with Gasteiger partial charge in [0.2, 0.25) is 0 Å². The second kappa shape index (κ2) is 4.40. The number of nitrogens with one attached hydrogen (secondary N) is 1. The molecule has 0 aliphatic rings. The summed E-state index contributed by atoms with van der Waals surface area (Å²) in [6.07, 6.45) is 2.84. The lowest BCUT2D eigenvalue weighted by molar-refractivity contribution is 0.117. The van der Waals surface area contributed by atoms with Crippen molar-refractivity contribution in [3.63, 3.8) is 0 Å². The molecule has 0 spiro atoms. The van der Waals surface area contributed by atoms with Crippen molar-refractivity contribution in [3.8, 4) is 0 Å². The summed E-state index contributed by atoms with van der Waals surface area (Å²) in [4.78, 5) is 11.8. The summed E-state index contributed by atoms with van der Waals surface area (Å²) in [6.45, 7) is 5.40. The Hall–Kier alpha value is -1.42. The van der Waals surface area contributed by atoms with Crippen LogP contribution in [0.4, 0.5) is 0 Å². The SMILES string of the molecule is CCCOCc1nc2ncc(C)cc2[nH]1. The van der Waals surface area contributed by atoms with Crippen molar-refractivity contribution in [3.05, 3.63) is 23.7 Å². The summed E-state index contributed by atoms with van der Waals surface area (Å²) < 4.78 is 5.41. The Morgan fingerprint density at radius 1 is 1.47 bits per heavy atom. The maximum absolute atomic E-state index is 5.41. The van der Waals surface area contributed by atoms with Gasteiger partial charge < -0.3 is 9.72 Å². The molecule has 0 saturated carbocycles. The molecular formula is C11H15N3O. The standard InChI is InChI=1S/C11H15N3O/c1-3-4-15-7-10-13-9-5-8(2)6-12-11(9)14-10/h5-6H,3-4,7H2,1-2H3,(H,12,13,14). The van der Waals surface area contributed by atoms with E-state index in [1.165, 1.54) is 0 Å². The number of pyridine rings is 1. The van der Waals surface area contributed by atoms with Gasteiger partial charge >= 0.3 is 0 Å². The van der Waals surface area contributed by atoms with Crippen molar-refractivity contribution in [2.75, 3.05) is 6.61 Å². The zero-order valence-corrected chi connectivity index (χ0v) is 9.08. The van der Waals surface area contributed by atoms with Crippen molar-refractivity contribution >= 4 is 11.2 Å². The number of hydrogen-bond donors (Lipinski definition) is 1. The second-order valence-electron chi connectivity index (χ2n) is 3.62. The molecule has 2 heterocycles. The van der Waals surface area contributed by atoms with E-state index in [4.69, 9.17) is 4.74 Å². The third kappa shape index (κ3) is 2.33. The average molecular weight is 205 g/mol. The summed E-state index contributed by atoms with van der Waals surface area (Å²) in [5.74, 6) is 0.844. The maximum Gasteiger partial charge on any atom is 0.177 e. The van der Waals surface area contributed by atoms with Gasteiger partial charge in [0.25, 0.3) is 0 Å². The molecule has 4 nitrogen and oxygen atoms in total. The van der Waals surface area contributed by atoms with E-state index in [0.717, 1.165) is 35.6 Å². The molecule has 80 valence electrons. The van der Waals surface area contributed by atoms with Gasteiger partial charge in [-0.2, -0.15) is 0 Å². The third-order valence-corrected chi connectivity index (χ3v) is 2.11. The molecule has 1 N–H and O–H groups in total. The van der Waals surface area contributed by atoms with Crippen LogP contribution in [0, 0.1) is 6.92 Å². The van der Waals surface area contributed by atoms with Crippen LogP contribution in [0.2, 0.25) is 0 Å². The number of fused-ring (bicyclic) bond motifs is 1. The van der Waals surface area contributed by atoms with E-state index < -0.39 is 0 Å². The number of rotatable bonds is 4. The summed E-state index contributed by atoms with van der Waals surface area (Å²) in [6, 6.07) is 2.04. The Labute approximate surface area is 88.7 Å². The fraction of sp³-hybridized carbons (Fsp3) is 0.455. The van der Waals surface area contributed by atoms with Gasteiger partial charge in [-0.25, -0.2) is 9.97 Å². The molecule has 0 aromatic carbocycles. The minimum atomic E-state index is 0.531. The van der Waals surface area contributed by atoms with Gasteiger partial charge in [0, 0.05) is 12.8 Å². The van der Waals surface area contributed by atoms with E-state index in [2.05, 4.69) is 21.9 Å². The molecule has 2 aromatic heterocycles. The Morgan fingerprint density at radius 2 is 2.33 bits per heavy atom. The van der Waals surface area contributed by atoms with Crippen molar-refractivity contribution in [1.29, 1.82) is 0 Å². The van der Waals surface area contributed by atoms with Crippen LogP contribution in [0.1, 0.15) is 24.7 Å². The van der Waals surface area contributed by atoms with Crippen LogP contribution in [0.5, 0.6) is 0 Å². The van der Waals surface area contributed by atoms with Gasteiger partial charge in [-0.3, -0.25) is 0 Å². The monoisotopic (exact) mass is 205 g/mol. The zero-order valence-electron chi connectivity index (χ0n) is 9.08. The van der Waals surface area contributed by atoms with Crippen LogP contribution >= 0.6 is 0 Å². The van der Waals surface area contributed by atoms with Crippen molar-refractivity contribution in [2.45, 2.75) is 26.9 Å². The first-order valence-corrected chi connectivity index (χ1v) is 5.18. The van der Waals surface area contributed by atoms with E-state index >= 15 is 0 Å². The van der Waals surface area contributed by atoms with Crippen LogP contribution in [-0.2, 0) is 11.3 Å². The first kappa shape index (κ1) is 10.1. The average Bonchev–Trinajstić information content (AvgIpc) is 2.60. The second-order valence-corrected chi connectivity index (χ2v) is 3.62. The molecule has 0 aliphatic heterocycles. The summed E-state index contributed by atoms with van der Waals surface area (Å²) >= 11 is 0. The highest BCUT2D eigenvalue weighted by Gasteiger charge is 2.03.